The Morgan fingerprint density at radius 3 is 1.40 bits per heavy atom. The smallest absolute Gasteiger partial charge is 0.246 e. The second kappa shape index (κ2) is 35.6. The lowest BCUT2D eigenvalue weighted by Crippen LogP contribution is -2.63. The van der Waals surface area contributed by atoms with Crippen LogP contribution in [0.25, 0.3) is 0 Å². The average Bonchev–Trinajstić information content (AvgIpc) is 1.63. The van der Waals surface area contributed by atoms with Crippen LogP contribution in [0.2, 0.25) is 0 Å². The van der Waals surface area contributed by atoms with E-state index in [-0.39, 0.29) is 51.7 Å². The van der Waals surface area contributed by atoms with Gasteiger partial charge in [0.25, 0.3) is 0 Å². The van der Waals surface area contributed by atoms with Gasteiger partial charge in [-0.3, -0.25) is 76.7 Å². The molecule has 524 valence electrons. The summed E-state index contributed by atoms with van der Waals surface area (Å²) in [5, 5.41) is 58.7. The molecule has 0 saturated carbocycles. The first kappa shape index (κ1) is 76.8. The monoisotopic (exact) mass is 1370 g/mol. The summed E-state index contributed by atoms with van der Waals surface area (Å²) in [6.07, 6.45) is -3.58. The molecule has 5 aliphatic rings. The van der Waals surface area contributed by atoms with Crippen LogP contribution >= 0.6 is 21.6 Å². The topological polar surface area (TPSA) is 528 Å². The van der Waals surface area contributed by atoms with E-state index in [1.807, 2.05) is 0 Å². The van der Waals surface area contributed by atoms with E-state index in [2.05, 4.69) is 58.5 Å². The highest BCUT2D eigenvalue weighted by atomic mass is 33.1. The molecule has 17 atom stereocenters. The minimum Gasteiger partial charge on any atom is -0.394 e. The number of carbonyl (C=O) groups is 16. The standard InChI is InChI=1S/C57H90N16O19S2/c1-8-25(3)41-52(87)65-33-23-93-94-24-34(66-54(89)43(28(6)75)67-40(79)21-60-46(81)30(19-38(58)77)62-50(85)35-13-10-16-71(35)55(90)31(20-39(59)78)63-48(33)83)49(84)70-44(29(7)76)53(88)61-27(5)45(80)64-32(22-74)47(82)69-42(26(4)9-2)57(92)73-18-12-15-37(73)56(91)72-17-11-14-36(72)51(86)68-41/h25-37,41-44,74-76H,8-24H2,1-7H3,(H2,58,77)(H2,59,78)(H,60,81)(H,61,88)(H,62,85)(H,63,83)(H,64,80)(H,65,87)(H,66,89)(H,67,79)(H,68,86)(H,69,82)(H,70,84)/t25-,26-,27-,28+,29+,30-,31-,32-,33-,34-,35-,36-,37-,41-,42-,43-,44-/m0/s1. The van der Waals surface area contributed by atoms with Crippen molar-refractivity contribution in [3.63, 3.8) is 0 Å². The largest absolute Gasteiger partial charge is 0.394 e. The van der Waals surface area contributed by atoms with Crippen LogP contribution in [-0.4, -0.2) is 260 Å². The molecular weight excluding hydrogens is 1280 g/mol. The van der Waals surface area contributed by atoms with Gasteiger partial charge in [-0.25, -0.2) is 0 Å². The molecule has 2 bridgehead atoms. The van der Waals surface area contributed by atoms with E-state index in [1.54, 1.807) is 27.7 Å². The molecule has 94 heavy (non-hydrogen) atoms. The van der Waals surface area contributed by atoms with Crippen molar-refractivity contribution < 1.29 is 92.0 Å². The summed E-state index contributed by atoms with van der Waals surface area (Å²) in [6.45, 7) is 8.06. The number of hydrogen-bond donors (Lipinski definition) is 16. The number of nitrogens with two attached hydrogens (primary N) is 2. The van der Waals surface area contributed by atoms with Gasteiger partial charge in [-0.05, 0) is 71.1 Å². The molecule has 0 spiro atoms. The Kier molecular flexibility index (Phi) is 29.1. The average molecular weight is 1370 g/mol. The van der Waals surface area contributed by atoms with E-state index in [1.165, 1.54) is 9.80 Å². The number of nitrogens with one attached hydrogen (secondary N) is 11. The molecule has 0 aliphatic carbocycles. The number of fused-ring (bicyclic) bond motifs is 8. The number of primary amides is 2. The highest BCUT2D eigenvalue weighted by molar-refractivity contribution is 8.76. The van der Waals surface area contributed by atoms with Crippen molar-refractivity contribution in [2.45, 2.75) is 203 Å². The van der Waals surface area contributed by atoms with E-state index in [4.69, 9.17) is 11.5 Å². The van der Waals surface area contributed by atoms with Gasteiger partial charge in [0, 0.05) is 31.1 Å². The van der Waals surface area contributed by atoms with Gasteiger partial charge in [0.2, 0.25) is 94.5 Å². The normalized spacial score (nSPS) is 30.9. The van der Waals surface area contributed by atoms with E-state index >= 15 is 0 Å². The van der Waals surface area contributed by atoms with Crippen LogP contribution in [0, 0.1) is 11.8 Å². The summed E-state index contributed by atoms with van der Waals surface area (Å²) in [7, 11) is 1.51. The lowest BCUT2D eigenvalue weighted by Gasteiger charge is -2.35. The molecule has 5 fully saturated rings. The first-order chi connectivity index (χ1) is 44.3. The lowest BCUT2D eigenvalue weighted by molar-refractivity contribution is -0.149. The van der Waals surface area contributed by atoms with E-state index in [0.717, 1.165) is 47.3 Å². The van der Waals surface area contributed by atoms with Crippen LogP contribution in [0.4, 0.5) is 0 Å². The summed E-state index contributed by atoms with van der Waals surface area (Å²) in [5.41, 5.74) is 11.0. The van der Waals surface area contributed by atoms with Gasteiger partial charge >= 0.3 is 0 Å². The van der Waals surface area contributed by atoms with Crippen molar-refractivity contribution in [1.29, 1.82) is 0 Å². The van der Waals surface area contributed by atoms with E-state index in [0.29, 0.717) is 19.3 Å². The number of rotatable bonds is 11. The van der Waals surface area contributed by atoms with Crippen molar-refractivity contribution in [3.05, 3.63) is 0 Å². The quantitative estimate of drug-likeness (QED) is 0.0855. The zero-order valence-corrected chi connectivity index (χ0v) is 55.2. The number of amides is 16. The molecule has 16 amide bonds. The molecule has 5 aliphatic heterocycles. The lowest BCUT2D eigenvalue weighted by atomic mass is 9.96. The van der Waals surface area contributed by atoms with Gasteiger partial charge < -0.3 is 100.0 Å². The Balaban J connectivity index is 1.64. The van der Waals surface area contributed by atoms with Gasteiger partial charge in [-0.15, -0.1) is 0 Å². The Morgan fingerprint density at radius 1 is 0.468 bits per heavy atom. The maximum atomic E-state index is 14.8. The molecule has 0 unspecified atom stereocenters. The van der Waals surface area contributed by atoms with Crippen LogP contribution < -0.4 is 70.0 Å². The van der Waals surface area contributed by atoms with Gasteiger partial charge in [-0.2, -0.15) is 0 Å². The third kappa shape index (κ3) is 20.6. The highest BCUT2D eigenvalue weighted by Gasteiger charge is 2.47. The second-order valence-electron chi connectivity index (χ2n) is 24.2. The Bertz CT molecular complexity index is 2870. The van der Waals surface area contributed by atoms with E-state index in [9.17, 15) is 92.0 Å². The molecule has 0 aromatic heterocycles. The number of aliphatic hydroxyl groups is 3. The van der Waals surface area contributed by atoms with Crippen molar-refractivity contribution >= 4 is 116 Å². The maximum absolute atomic E-state index is 14.8. The molecule has 0 aromatic rings. The molecule has 0 aromatic carbocycles. The Hall–Kier alpha value is -7.90. The summed E-state index contributed by atoms with van der Waals surface area (Å²) < 4.78 is 0. The summed E-state index contributed by atoms with van der Waals surface area (Å²) in [6, 6.07) is -20.9. The minimum atomic E-state index is -1.95. The summed E-state index contributed by atoms with van der Waals surface area (Å²) >= 11 is 0. The molecule has 5 saturated heterocycles. The molecule has 35 nitrogen and oxygen atoms in total. The zero-order valence-electron chi connectivity index (χ0n) is 53.5. The van der Waals surface area contributed by atoms with Crippen molar-refractivity contribution in [2.24, 2.45) is 23.3 Å². The fraction of sp³-hybridized carbons (Fsp3) is 0.719. The van der Waals surface area contributed by atoms with Gasteiger partial charge in [0.1, 0.15) is 78.5 Å². The summed E-state index contributed by atoms with van der Waals surface area (Å²) in [4.78, 5) is 228. The van der Waals surface area contributed by atoms with Gasteiger partial charge in [-0.1, -0.05) is 62.1 Å². The third-order valence-electron chi connectivity index (χ3n) is 17.1. The van der Waals surface area contributed by atoms with Gasteiger partial charge in [0.05, 0.1) is 38.2 Å². The molecule has 5 rings (SSSR count). The molecule has 0 radical (unpaired) electrons. The molecule has 18 N–H and O–H groups in total. The second-order valence-corrected chi connectivity index (χ2v) is 26.7. The third-order valence-corrected chi connectivity index (χ3v) is 19.5. The zero-order chi connectivity index (χ0) is 70.0. The van der Waals surface area contributed by atoms with Crippen LogP contribution in [-0.2, 0) is 76.7 Å². The number of carbonyl (C=O) groups excluding carboxylic acids is 16. The van der Waals surface area contributed by atoms with Gasteiger partial charge in [0.15, 0.2) is 0 Å². The van der Waals surface area contributed by atoms with Crippen molar-refractivity contribution in [3.8, 4) is 0 Å². The number of nitrogens with zero attached hydrogens (tertiary/aromatic N) is 3. The number of hydrogen-bond acceptors (Lipinski definition) is 21. The SMILES string of the molecule is CC[C@H](C)[C@@H]1NC(=O)[C@@H]2CCCN2C(=O)[C@@H]2CCCN2C(=O)[C@H]([C@@H](C)CC)NC(=O)[C@H](CO)NC(=O)[C@H](C)NC(=O)[C@H]([C@@H](C)O)NC(=O)[C@@H]2CSSC[C@H](NC1=O)C(=O)N[C@@H](CC(N)=O)C(=O)N1CCC[C@H]1C(=O)N[C@@H](CC(N)=O)C(=O)NCC(=O)N[C@@H]([C@@H](C)O)C(=O)N2. The van der Waals surface area contributed by atoms with Crippen molar-refractivity contribution in [1.82, 2.24) is 73.2 Å². The highest BCUT2D eigenvalue weighted by Crippen LogP contribution is 2.29. The molecule has 5 heterocycles. The predicted molar refractivity (Wildman–Crippen MR) is 334 cm³/mol. The first-order valence-electron chi connectivity index (χ1n) is 31.3. The van der Waals surface area contributed by atoms with Crippen molar-refractivity contribution in [2.75, 3.05) is 44.3 Å². The minimum absolute atomic E-state index is 0.0400. The number of aliphatic hydroxyl groups excluding tert-OH is 3. The Morgan fingerprint density at radius 2 is 0.883 bits per heavy atom. The molecule has 37 heteroatoms. The molecular formula is C57H90N16O19S2. The Labute approximate surface area is 550 Å². The van der Waals surface area contributed by atoms with Crippen LogP contribution in [0.5, 0.6) is 0 Å². The van der Waals surface area contributed by atoms with Crippen LogP contribution in [0.3, 0.4) is 0 Å². The fourth-order valence-corrected chi connectivity index (χ4v) is 13.6. The van der Waals surface area contributed by atoms with Crippen LogP contribution in [0.15, 0.2) is 0 Å². The van der Waals surface area contributed by atoms with E-state index < -0.39 is 235 Å². The predicted octanol–water partition coefficient (Wildman–Crippen LogP) is -8.05. The summed E-state index contributed by atoms with van der Waals surface area (Å²) in [5.74, 6) is -18.8. The van der Waals surface area contributed by atoms with Crippen LogP contribution in [0.1, 0.15) is 113 Å². The first-order valence-corrected chi connectivity index (χ1v) is 33.8. The maximum Gasteiger partial charge on any atom is 0.246 e. The fourth-order valence-electron chi connectivity index (χ4n) is 11.3.